The van der Waals surface area contributed by atoms with Crippen molar-refractivity contribution in [2.75, 3.05) is 59.4 Å². The van der Waals surface area contributed by atoms with Gasteiger partial charge in [-0.1, -0.05) is 19.1 Å². The maximum atomic E-state index is 5.98. The zero-order valence-electron chi connectivity index (χ0n) is 19.1. The van der Waals surface area contributed by atoms with Gasteiger partial charge in [-0.25, -0.2) is 0 Å². The number of benzene rings is 1. The topological polar surface area (TPSA) is 55.3 Å². The van der Waals surface area contributed by atoms with Crippen LogP contribution in [0.1, 0.15) is 33.1 Å². The molecular weight excluding hydrogens is 398 g/mol. The molecule has 1 saturated heterocycles. The first-order chi connectivity index (χ1) is 14.7. The van der Waals surface area contributed by atoms with E-state index in [1.54, 1.807) is 14.2 Å². The van der Waals surface area contributed by atoms with Gasteiger partial charge in [-0.15, -0.1) is 11.8 Å². The average molecular weight is 438 g/mol. The minimum absolute atomic E-state index is 0.358. The number of para-hydroxylation sites is 1. The van der Waals surface area contributed by atoms with Gasteiger partial charge in [-0.05, 0) is 44.2 Å². The fourth-order valence-corrected chi connectivity index (χ4v) is 4.42. The zero-order valence-corrected chi connectivity index (χ0v) is 19.9. The number of methoxy groups -OCH3 is 2. The molecule has 2 rings (SSSR count). The Bertz CT molecular complexity index is 621. The molecule has 30 heavy (non-hydrogen) atoms. The van der Waals surface area contributed by atoms with Crippen LogP contribution in [-0.4, -0.2) is 76.3 Å². The van der Waals surface area contributed by atoms with E-state index in [4.69, 9.17) is 19.2 Å². The Morgan fingerprint density at radius 1 is 1.23 bits per heavy atom. The number of hydrogen-bond acceptors (Lipinski definition) is 5. The predicted molar refractivity (Wildman–Crippen MR) is 126 cm³/mol. The largest absolute Gasteiger partial charge is 0.496 e. The summed E-state index contributed by atoms with van der Waals surface area (Å²) in [6, 6.07) is 8.19. The lowest BCUT2D eigenvalue weighted by Crippen LogP contribution is -2.47. The molecule has 1 aromatic carbocycles. The molecule has 1 atom stereocenters. The Kier molecular flexibility index (Phi) is 12.0. The molecule has 0 radical (unpaired) electrons. The monoisotopic (exact) mass is 437 g/mol. The molecular formula is C23H39N3O3S. The number of thioether (sulfide) groups is 1. The summed E-state index contributed by atoms with van der Waals surface area (Å²) in [6.45, 7) is 9.63. The van der Waals surface area contributed by atoms with E-state index in [9.17, 15) is 0 Å². The summed E-state index contributed by atoms with van der Waals surface area (Å²) in [5, 5.41) is 3.47. The second kappa shape index (κ2) is 14.5. The molecule has 0 aliphatic carbocycles. The summed E-state index contributed by atoms with van der Waals surface area (Å²) in [7, 11) is 3.46. The highest BCUT2D eigenvalue weighted by molar-refractivity contribution is 7.99. The lowest BCUT2D eigenvalue weighted by molar-refractivity contribution is 0.00990. The number of rotatable bonds is 12. The smallest absolute Gasteiger partial charge is 0.193 e. The van der Waals surface area contributed by atoms with Gasteiger partial charge < -0.3 is 24.4 Å². The molecule has 7 heteroatoms. The van der Waals surface area contributed by atoms with Gasteiger partial charge in [0.1, 0.15) is 5.75 Å². The number of hydrogen-bond donors (Lipinski definition) is 1. The third kappa shape index (κ3) is 8.74. The molecule has 6 nitrogen and oxygen atoms in total. The van der Waals surface area contributed by atoms with Crippen molar-refractivity contribution in [3.63, 3.8) is 0 Å². The first kappa shape index (κ1) is 24.8. The van der Waals surface area contributed by atoms with E-state index in [1.807, 2.05) is 23.9 Å². The number of aliphatic imine (C=N–C) groups is 1. The molecule has 1 aliphatic heterocycles. The van der Waals surface area contributed by atoms with Gasteiger partial charge in [0.25, 0.3) is 0 Å². The van der Waals surface area contributed by atoms with E-state index >= 15 is 0 Å². The molecule has 0 amide bonds. The van der Waals surface area contributed by atoms with E-state index < -0.39 is 0 Å². The highest BCUT2D eigenvalue weighted by atomic mass is 32.2. The number of nitrogens with one attached hydrogen (secondary N) is 1. The fraction of sp³-hybridized carbons (Fsp3) is 0.696. The normalized spacial score (nSPS) is 16.5. The van der Waals surface area contributed by atoms with Crippen molar-refractivity contribution in [1.82, 2.24) is 10.2 Å². The third-order valence-electron chi connectivity index (χ3n) is 5.07. The fourth-order valence-electron chi connectivity index (χ4n) is 3.38. The molecule has 170 valence electrons. The zero-order chi connectivity index (χ0) is 21.6. The Labute approximate surface area is 186 Å². The summed E-state index contributed by atoms with van der Waals surface area (Å²) >= 11 is 1.84. The van der Waals surface area contributed by atoms with Crippen LogP contribution in [0.3, 0.4) is 0 Å². The summed E-state index contributed by atoms with van der Waals surface area (Å²) in [5.41, 5.74) is 0. The number of ether oxygens (including phenoxy) is 3. The highest BCUT2D eigenvalue weighted by Gasteiger charge is 2.22. The van der Waals surface area contributed by atoms with Crippen LogP contribution in [0.15, 0.2) is 34.2 Å². The van der Waals surface area contributed by atoms with Crippen molar-refractivity contribution < 1.29 is 14.2 Å². The van der Waals surface area contributed by atoms with Gasteiger partial charge >= 0.3 is 0 Å². The van der Waals surface area contributed by atoms with Crippen LogP contribution in [0, 0.1) is 5.92 Å². The molecule has 0 bridgehead atoms. The van der Waals surface area contributed by atoms with E-state index in [2.05, 4.69) is 36.2 Å². The van der Waals surface area contributed by atoms with Crippen LogP contribution < -0.4 is 10.1 Å². The lowest BCUT2D eigenvalue weighted by Gasteiger charge is -2.34. The van der Waals surface area contributed by atoms with E-state index in [0.717, 1.165) is 76.1 Å². The van der Waals surface area contributed by atoms with Crippen LogP contribution in [0.4, 0.5) is 0 Å². The summed E-state index contributed by atoms with van der Waals surface area (Å²) in [4.78, 5) is 8.50. The van der Waals surface area contributed by atoms with Gasteiger partial charge in [0, 0.05) is 57.2 Å². The summed E-state index contributed by atoms with van der Waals surface area (Å²) < 4.78 is 16.5. The van der Waals surface area contributed by atoms with Gasteiger partial charge in [-0.3, -0.25) is 4.99 Å². The van der Waals surface area contributed by atoms with Gasteiger partial charge in [0.05, 0.1) is 13.2 Å². The minimum atomic E-state index is 0.358. The quantitative estimate of drug-likeness (QED) is 0.232. The Hall–Kier alpha value is -1.44. The molecule has 1 aliphatic rings. The first-order valence-electron chi connectivity index (χ1n) is 11.1. The number of piperidine rings is 1. The SMILES string of the molecule is CCNC(=NCC(C)CSc1ccccc1OC)N1CCC(OCCCOC)CC1. The number of guanidine groups is 1. The Morgan fingerprint density at radius 2 is 2.00 bits per heavy atom. The first-order valence-corrected chi connectivity index (χ1v) is 12.1. The van der Waals surface area contributed by atoms with Gasteiger partial charge in [0.15, 0.2) is 5.96 Å². The summed E-state index contributed by atoms with van der Waals surface area (Å²) in [6.07, 6.45) is 3.43. The molecule has 1 aromatic rings. The molecule has 0 saturated carbocycles. The minimum Gasteiger partial charge on any atom is -0.496 e. The molecule has 1 N–H and O–H groups in total. The standard InChI is InChI=1S/C23H39N3O3S/c1-5-24-23(26-13-11-20(12-14-26)29-16-8-15-27-3)25-17-19(2)18-30-22-10-7-6-9-21(22)28-4/h6-7,9-10,19-20H,5,8,11-18H2,1-4H3,(H,24,25). The van der Waals surface area contributed by atoms with Crippen LogP contribution in [0.5, 0.6) is 5.75 Å². The second-order valence-corrected chi connectivity index (χ2v) is 8.73. The molecule has 1 fully saturated rings. The van der Waals surface area contributed by atoms with Crippen molar-refractivity contribution >= 4 is 17.7 Å². The van der Waals surface area contributed by atoms with Crippen LogP contribution in [0.25, 0.3) is 0 Å². The molecule has 1 unspecified atom stereocenters. The third-order valence-corrected chi connectivity index (χ3v) is 6.45. The van der Waals surface area contributed by atoms with E-state index in [0.29, 0.717) is 12.0 Å². The van der Waals surface area contributed by atoms with E-state index in [1.165, 1.54) is 4.90 Å². The van der Waals surface area contributed by atoms with Crippen molar-refractivity contribution in [2.45, 2.75) is 44.1 Å². The van der Waals surface area contributed by atoms with Crippen molar-refractivity contribution in [3.8, 4) is 5.75 Å². The van der Waals surface area contributed by atoms with Crippen LogP contribution >= 0.6 is 11.8 Å². The maximum Gasteiger partial charge on any atom is 0.193 e. The van der Waals surface area contributed by atoms with Crippen molar-refractivity contribution in [1.29, 1.82) is 0 Å². The Balaban J connectivity index is 1.78. The average Bonchev–Trinajstić information content (AvgIpc) is 2.78. The molecule has 0 spiro atoms. The molecule has 0 aromatic heterocycles. The van der Waals surface area contributed by atoms with E-state index in [-0.39, 0.29) is 0 Å². The van der Waals surface area contributed by atoms with Crippen LogP contribution in [-0.2, 0) is 9.47 Å². The number of nitrogens with zero attached hydrogens (tertiary/aromatic N) is 2. The number of likely N-dealkylation sites (tertiary alicyclic amines) is 1. The highest BCUT2D eigenvalue weighted by Crippen LogP contribution is 2.30. The van der Waals surface area contributed by atoms with Gasteiger partial charge in [0.2, 0.25) is 0 Å². The van der Waals surface area contributed by atoms with Crippen molar-refractivity contribution in [3.05, 3.63) is 24.3 Å². The molecule has 1 heterocycles. The van der Waals surface area contributed by atoms with Gasteiger partial charge in [-0.2, -0.15) is 0 Å². The lowest BCUT2D eigenvalue weighted by atomic mass is 10.1. The maximum absolute atomic E-state index is 5.98. The second-order valence-electron chi connectivity index (χ2n) is 7.67. The van der Waals surface area contributed by atoms with Crippen molar-refractivity contribution in [2.24, 2.45) is 10.9 Å². The summed E-state index contributed by atoms with van der Waals surface area (Å²) in [5.74, 6) is 3.47. The Morgan fingerprint density at radius 3 is 2.70 bits per heavy atom. The van der Waals surface area contributed by atoms with Crippen LogP contribution in [0.2, 0.25) is 0 Å². The predicted octanol–water partition coefficient (Wildman–Crippen LogP) is 3.91.